The second-order valence-electron chi connectivity index (χ2n) is 4.50. The second kappa shape index (κ2) is 4.80. The van der Waals surface area contributed by atoms with E-state index in [1.54, 1.807) is 11.6 Å². The predicted octanol–water partition coefficient (Wildman–Crippen LogP) is 2.49. The van der Waals surface area contributed by atoms with Gasteiger partial charge in [-0.15, -0.1) is 0 Å². The third-order valence-electron chi connectivity index (χ3n) is 3.24. The Morgan fingerprint density at radius 1 is 1.25 bits per heavy atom. The van der Waals surface area contributed by atoms with Crippen LogP contribution in [0.4, 0.5) is 11.5 Å². The van der Waals surface area contributed by atoms with E-state index in [1.165, 1.54) is 6.33 Å². The first kappa shape index (κ1) is 12.4. The maximum absolute atomic E-state index is 5.23. The number of aromatic nitrogens is 4. The van der Waals surface area contributed by atoms with E-state index >= 15 is 0 Å². The average molecular weight is 269 g/mol. The number of benzene rings is 1. The molecule has 0 spiro atoms. The fraction of sp³-hybridized carbons (Fsp3) is 0.214. The summed E-state index contributed by atoms with van der Waals surface area (Å²) in [6.45, 7) is 3.97. The molecule has 102 valence electrons. The van der Waals surface area contributed by atoms with Crippen LogP contribution in [0.5, 0.6) is 5.75 Å². The zero-order chi connectivity index (χ0) is 14.1. The SMILES string of the molecule is COc1cccc(Nc2c(C)c(C)nc3ncnn23)c1. The number of methoxy groups -OCH3 is 1. The van der Waals surface area contributed by atoms with Gasteiger partial charge in [-0.1, -0.05) is 6.07 Å². The lowest BCUT2D eigenvalue weighted by Crippen LogP contribution is -2.06. The first-order chi connectivity index (χ1) is 9.69. The summed E-state index contributed by atoms with van der Waals surface area (Å²) in [4.78, 5) is 8.53. The van der Waals surface area contributed by atoms with Crippen LogP contribution in [0.25, 0.3) is 5.78 Å². The van der Waals surface area contributed by atoms with Crippen LogP contribution >= 0.6 is 0 Å². The Balaban J connectivity index is 2.09. The highest BCUT2D eigenvalue weighted by Crippen LogP contribution is 2.24. The van der Waals surface area contributed by atoms with Crippen molar-refractivity contribution in [2.24, 2.45) is 0 Å². The minimum atomic E-state index is 0.582. The molecule has 0 aliphatic carbocycles. The molecular weight excluding hydrogens is 254 g/mol. The molecule has 1 aromatic carbocycles. The molecule has 6 heteroatoms. The van der Waals surface area contributed by atoms with Crippen molar-refractivity contribution in [3.05, 3.63) is 41.9 Å². The van der Waals surface area contributed by atoms with Crippen molar-refractivity contribution in [3.8, 4) is 5.75 Å². The molecule has 1 N–H and O–H groups in total. The Morgan fingerprint density at radius 2 is 2.10 bits per heavy atom. The van der Waals surface area contributed by atoms with E-state index in [4.69, 9.17) is 4.74 Å². The van der Waals surface area contributed by atoms with Gasteiger partial charge in [0.15, 0.2) is 0 Å². The summed E-state index contributed by atoms with van der Waals surface area (Å²) in [7, 11) is 1.65. The third kappa shape index (κ3) is 2.05. The normalized spacial score (nSPS) is 10.8. The van der Waals surface area contributed by atoms with Crippen molar-refractivity contribution in [1.82, 2.24) is 19.6 Å². The van der Waals surface area contributed by atoms with Crippen LogP contribution in [0.3, 0.4) is 0 Å². The van der Waals surface area contributed by atoms with Gasteiger partial charge in [0.25, 0.3) is 5.78 Å². The van der Waals surface area contributed by atoms with Gasteiger partial charge in [0.1, 0.15) is 17.9 Å². The highest BCUT2D eigenvalue weighted by Gasteiger charge is 2.11. The van der Waals surface area contributed by atoms with E-state index in [-0.39, 0.29) is 0 Å². The van der Waals surface area contributed by atoms with Gasteiger partial charge in [-0.25, -0.2) is 4.98 Å². The zero-order valence-electron chi connectivity index (χ0n) is 11.6. The lowest BCUT2D eigenvalue weighted by molar-refractivity contribution is 0.415. The fourth-order valence-electron chi connectivity index (χ4n) is 2.02. The van der Waals surface area contributed by atoms with Gasteiger partial charge in [0, 0.05) is 23.0 Å². The second-order valence-corrected chi connectivity index (χ2v) is 4.50. The van der Waals surface area contributed by atoms with E-state index in [9.17, 15) is 0 Å². The number of nitrogens with zero attached hydrogens (tertiary/aromatic N) is 4. The van der Waals surface area contributed by atoms with Gasteiger partial charge < -0.3 is 10.1 Å². The standard InChI is InChI=1S/C14H15N5O/c1-9-10(2)17-14-15-8-16-19(14)13(9)18-11-5-4-6-12(7-11)20-3/h4-8,18H,1-3H3. The largest absolute Gasteiger partial charge is 0.497 e. The van der Waals surface area contributed by atoms with Crippen LogP contribution in [0.15, 0.2) is 30.6 Å². The number of fused-ring (bicyclic) bond motifs is 1. The predicted molar refractivity (Wildman–Crippen MR) is 76.5 cm³/mol. The summed E-state index contributed by atoms with van der Waals surface area (Å²) in [6.07, 6.45) is 1.50. The van der Waals surface area contributed by atoms with Crippen molar-refractivity contribution in [1.29, 1.82) is 0 Å². The van der Waals surface area contributed by atoms with Crippen LogP contribution in [-0.4, -0.2) is 26.7 Å². The first-order valence-corrected chi connectivity index (χ1v) is 6.27. The molecule has 0 bridgehead atoms. The molecule has 0 radical (unpaired) electrons. The number of aryl methyl sites for hydroxylation is 1. The van der Waals surface area contributed by atoms with Crippen molar-refractivity contribution in [3.63, 3.8) is 0 Å². The average Bonchev–Trinajstić information content (AvgIpc) is 2.92. The third-order valence-corrected chi connectivity index (χ3v) is 3.24. The summed E-state index contributed by atoms with van der Waals surface area (Å²) < 4.78 is 6.93. The van der Waals surface area contributed by atoms with E-state index < -0.39 is 0 Å². The van der Waals surface area contributed by atoms with Gasteiger partial charge in [0.05, 0.1) is 7.11 Å². The molecule has 3 rings (SSSR count). The number of nitrogens with one attached hydrogen (secondary N) is 1. The van der Waals surface area contributed by atoms with Crippen LogP contribution in [-0.2, 0) is 0 Å². The van der Waals surface area contributed by atoms with E-state index in [2.05, 4.69) is 20.4 Å². The number of rotatable bonds is 3. The highest BCUT2D eigenvalue weighted by molar-refractivity contribution is 5.63. The summed E-state index contributed by atoms with van der Waals surface area (Å²) in [5.41, 5.74) is 2.89. The maximum Gasteiger partial charge on any atom is 0.254 e. The Labute approximate surface area is 116 Å². The van der Waals surface area contributed by atoms with Gasteiger partial charge in [-0.05, 0) is 26.0 Å². The van der Waals surface area contributed by atoms with Crippen LogP contribution in [0.2, 0.25) is 0 Å². The molecule has 0 aliphatic rings. The van der Waals surface area contributed by atoms with Gasteiger partial charge in [-0.2, -0.15) is 14.6 Å². The lowest BCUT2D eigenvalue weighted by atomic mass is 10.2. The van der Waals surface area contributed by atoms with E-state index in [0.29, 0.717) is 5.78 Å². The maximum atomic E-state index is 5.23. The highest BCUT2D eigenvalue weighted by atomic mass is 16.5. The van der Waals surface area contributed by atoms with E-state index in [1.807, 2.05) is 38.1 Å². The summed E-state index contributed by atoms with van der Waals surface area (Å²) in [5.74, 6) is 2.24. The van der Waals surface area contributed by atoms with Crippen LogP contribution in [0, 0.1) is 13.8 Å². The van der Waals surface area contributed by atoms with Gasteiger partial charge >= 0.3 is 0 Å². The Kier molecular flexibility index (Phi) is 2.98. The number of anilines is 2. The van der Waals surface area contributed by atoms with Crippen molar-refractivity contribution >= 4 is 17.3 Å². The molecule has 0 saturated carbocycles. The smallest absolute Gasteiger partial charge is 0.254 e. The molecule has 20 heavy (non-hydrogen) atoms. The molecule has 0 amide bonds. The van der Waals surface area contributed by atoms with Gasteiger partial charge in [0.2, 0.25) is 0 Å². The Bertz CT molecular complexity index is 765. The molecule has 0 atom stereocenters. The number of hydrogen-bond donors (Lipinski definition) is 1. The zero-order valence-corrected chi connectivity index (χ0v) is 11.6. The molecule has 0 unspecified atom stereocenters. The van der Waals surface area contributed by atoms with Crippen LogP contribution < -0.4 is 10.1 Å². The number of ether oxygens (including phenoxy) is 1. The molecule has 3 aromatic rings. The molecule has 0 aliphatic heterocycles. The van der Waals surface area contributed by atoms with E-state index in [0.717, 1.165) is 28.5 Å². The molecule has 2 heterocycles. The topological polar surface area (TPSA) is 64.3 Å². The van der Waals surface area contributed by atoms with Crippen molar-refractivity contribution in [2.75, 3.05) is 12.4 Å². The molecule has 2 aromatic heterocycles. The number of hydrogen-bond acceptors (Lipinski definition) is 5. The Morgan fingerprint density at radius 3 is 2.90 bits per heavy atom. The quantitative estimate of drug-likeness (QED) is 0.791. The first-order valence-electron chi connectivity index (χ1n) is 6.27. The summed E-state index contributed by atoms with van der Waals surface area (Å²) in [5, 5.41) is 7.57. The lowest BCUT2D eigenvalue weighted by Gasteiger charge is -2.13. The van der Waals surface area contributed by atoms with Crippen molar-refractivity contribution in [2.45, 2.75) is 13.8 Å². The van der Waals surface area contributed by atoms with Gasteiger partial charge in [-0.3, -0.25) is 0 Å². The minimum Gasteiger partial charge on any atom is -0.497 e. The molecule has 0 fully saturated rings. The monoisotopic (exact) mass is 269 g/mol. The van der Waals surface area contributed by atoms with Crippen molar-refractivity contribution < 1.29 is 4.74 Å². The molecule has 6 nitrogen and oxygen atoms in total. The van der Waals surface area contributed by atoms with Crippen LogP contribution in [0.1, 0.15) is 11.3 Å². The summed E-state index contributed by atoms with van der Waals surface area (Å²) >= 11 is 0. The molecule has 0 saturated heterocycles. The molecular formula is C14H15N5O. The minimum absolute atomic E-state index is 0.582. The fourth-order valence-corrected chi connectivity index (χ4v) is 2.02. The Hall–Kier alpha value is -2.63. The summed E-state index contributed by atoms with van der Waals surface area (Å²) in [6, 6.07) is 7.74.